The number of hydrogen-bond acceptors (Lipinski definition) is 3. The highest BCUT2D eigenvalue weighted by atomic mass is 19.1. The summed E-state index contributed by atoms with van der Waals surface area (Å²) >= 11 is 0. The number of halogens is 1. The molecule has 1 heterocycles. The van der Waals surface area contributed by atoms with E-state index in [9.17, 15) is 9.18 Å². The van der Waals surface area contributed by atoms with Gasteiger partial charge in [-0.05, 0) is 73.7 Å². The summed E-state index contributed by atoms with van der Waals surface area (Å²) in [5.41, 5.74) is 5.47. The summed E-state index contributed by atoms with van der Waals surface area (Å²) < 4.78 is 14.1. The zero-order valence-corrected chi connectivity index (χ0v) is 22.9. The first kappa shape index (κ1) is 27.1. The largest absolute Gasteiger partial charge is 0.327 e. The molecule has 0 atom stereocenters. The van der Waals surface area contributed by atoms with Crippen molar-refractivity contribution in [3.63, 3.8) is 0 Å². The van der Waals surface area contributed by atoms with Crippen molar-refractivity contribution < 1.29 is 9.18 Å². The Morgan fingerprint density at radius 2 is 1.67 bits per heavy atom. The molecule has 1 saturated carbocycles. The maximum atomic E-state index is 14.1. The second kappa shape index (κ2) is 13.0. The van der Waals surface area contributed by atoms with Gasteiger partial charge in [0, 0.05) is 31.7 Å². The topological polar surface area (TPSA) is 47.9 Å². The lowest BCUT2D eigenvalue weighted by molar-refractivity contribution is 0.241. The SMILES string of the molecule is Cc1ccc(-c2cccc(CN3CCCC(=NC4CCCCC4)NC(=O)N(c4cccc(F)c4)CC3)c2)cc1. The fraction of sp³-hybridized carbons (Fsp3) is 0.394. The summed E-state index contributed by atoms with van der Waals surface area (Å²) in [5.74, 6) is 0.412. The fourth-order valence-electron chi connectivity index (χ4n) is 5.61. The van der Waals surface area contributed by atoms with Crippen molar-refractivity contribution in [2.45, 2.75) is 64.5 Å². The zero-order valence-electron chi connectivity index (χ0n) is 22.9. The van der Waals surface area contributed by atoms with E-state index >= 15 is 0 Å². The van der Waals surface area contributed by atoms with E-state index in [0.29, 0.717) is 18.8 Å². The van der Waals surface area contributed by atoms with Crippen LogP contribution < -0.4 is 10.2 Å². The van der Waals surface area contributed by atoms with Crippen LogP contribution in [0.15, 0.2) is 77.8 Å². The molecule has 2 fully saturated rings. The van der Waals surface area contributed by atoms with E-state index in [2.05, 4.69) is 65.7 Å². The third-order valence-electron chi connectivity index (χ3n) is 7.78. The molecular formula is C33H39FN4O. The summed E-state index contributed by atoms with van der Waals surface area (Å²) in [5, 5.41) is 3.09. The van der Waals surface area contributed by atoms with Crippen LogP contribution in [-0.4, -0.2) is 42.4 Å². The van der Waals surface area contributed by atoms with Gasteiger partial charge in [0.05, 0.1) is 6.04 Å². The lowest BCUT2D eigenvalue weighted by Gasteiger charge is -2.30. The molecule has 0 aromatic heterocycles. The van der Waals surface area contributed by atoms with E-state index < -0.39 is 0 Å². The fourth-order valence-corrected chi connectivity index (χ4v) is 5.61. The molecule has 0 spiro atoms. The molecule has 1 saturated heterocycles. The third-order valence-corrected chi connectivity index (χ3v) is 7.78. The van der Waals surface area contributed by atoms with Crippen molar-refractivity contribution in [1.29, 1.82) is 0 Å². The first-order chi connectivity index (χ1) is 19.0. The van der Waals surface area contributed by atoms with Crippen molar-refractivity contribution in [2.24, 2.45) is 4.99 Å². The van der Waals surface area contributed by atoms with E-state index in [1.54, 1.807) is 17.0 Å². The summed E-state index contributed by atoms with van der Waals surface area (Å²) in [4.78, 5) is 22.5. The van der Waals surface area contributed by atoms with Gasteiger partial charge in [0.2, 0.25) is 0 Å². The predicted octanol–water partition coefficient (Wildman–Crippen LogP) is 7.34. The number of amidine groups is 1. The Morgan fingerprint density at radius 1 is 0.872 bits per heavy atom. The number of aryl methyl sites for hydroxylation is 1. The van der Waals surface area contributed by atoms with Gasteiger partial charge < -0.3 is 0 Å². The van der Waals surface area contributed by atoms with E-state index in [0.717, 1.165) is 44.6 Å². The lowest BCUT2D eigenvalue weighted by Crippen LogP contribution is -2.48. The second-order valence-corrected chi connectivity index (χ2v) is 10.9. The average molecular weight is 527 g/mol. The number of amides is 2. The quantitative estimate of drug-likeness (QED) is 0.378. The van der Waals surface area contributed by atoms with Crippen LogP contribution in [0.1, 0.15) is 56.1 Å². The molecule has 5 rings (SSSR count). The summed E-state index contributed by atoms with van der Waals surface area (Å²) in [7, 11) is 0. The van der Waals surface area contributed by atoms with Crippen molar-refractivity contribution in [3.8, 4) is 11.1 Å². The number of carbonyl (C=O) groups is 1. The zero-order chi connectivity index (χ0) is 27.0. The molecule has 2 amide bonds. The molecule has 1 aliphatic heterocycles. The minimum absolute atomic E-state index is 0.238. The number of nitrogens with zero attached hydrogens (tertiary/aromatic N) is 3. The van der Waals surface area contributed by atoms with Crippen LogP contribution in [-0.2, 0) is 6.54 Å². The van der Waals surface area contributed by atoms with Gasteiger partial charge in [-0.15, -0.1) is 0 Å². The van der Waals surface area contributed by atoms with Gasteiger partial charge in [-0.25, -0.2) is 9.18 Å². The lowest BCUT2D eigenvalue weighted by atomic mass is 9.96. The maximum absolute atomic E-state index is 14.1. The van der Waals surface area contributed by atoms with Gasteiger partial charge in [-0.2, -0.15) is 0 Å². The monoisotopic (exact) mass is 526 g/mol. The molecule has 3 aromatic rings. The summed E-state index contributed by atoms with van der Waals surface area (Å²) in [6, 6.07) is 23.7. The van der Waals surface area contributed by atoms with Gasteiger partial charge in [0.25, 0.3) is 0 Å². The number of anilines is 1. The van der Waals surface area contributed by atoms with Gasteiger partial charge >= 0.3 is 6.03 Å². The van der Waals surface area contributed by atoms with Crippen molar-refractivity contribution in [1.82, 2.24) is 10.2 Å². The van der Waals surface area contributed by atoms with E-state index in [4.69, 9.17) is 4.99 Å². The van der Waals surface area contributed by atoms with Crippen molar-refractivity contribution in [2.75, 3.05) is 24.5 Å². The Hall–Kier alpha value is -3.51. The molecule has 2 aliphatic rings. The molecule has 204 valence electrons. The molecular weight excluding hydrogens is 487 g/mol. The Bertz CT molecular complexity index is 1280. The highest BCUT2D eigenvalue weighted by molar-refractivity contribution is 6.04. The highest BCUT2D eigenvalue weighted by Crippen LogP contribution is 2.24. The van der Waals surface area contributed by atoms with Crippen LogP contribution in [0.4, 0.5) is 14.9 Å². The normalized spacial score (nSPS) is 19.2. The standard InChI is InChI=1S/C33H39FN4O/c1-25-15-17-27(18-16-25)28-9-5-8-26(22-28)24-37-19-7-14-32(35-30-11-3-2-4-12-30)36-33(39)38(21-20-37)31-13-6-10-29(34)23-31/h5-6,8-10,13,15-18,22-23,30H,2-4,7,11-12,14,19-21,24H2,1H3,(H,35,36,39). The molecule has 0 bridgehead atoms. The number of benzene rings is 3. The van der Waals surface area contributed by atoms with E-state index in [1.165, 1.54) is 53.6 Å². The Morgan fingerprint density at radius 3 is 2.46 bits per heavy atom. The molecule has 39 heavy (non-hydrogen) atoms. The molecule has 6 heteroatoms. The van der Waals surface area contributed by atoms with Gasteiger partial charge in [-0.3, -0.25) is 20.1 Å². The van der Waals surface area contributed by atoms with Gasteiger partial charge in [-0.1, -0.05) is 73.4 Å². The first-order valence-corrected chi connectivity index (χ1v) is 14.3. The number of nitrogens with one attached hydrogen (secondary N) is 1. The number of carbonyl (C=O) groups excluding carboxylic acids is 1. The van der Waals surface area contributed by atoms with Crippen LogP contribution in [0, 0.1) is 12.7 Å². The van der Waals surface area contributed by atoms with Crippen LogP contribution in [0.2, 0.25) is 0 Å². The summed E-state index contributed by atoms with van der Waals surface area (Å²) in [6.45, 7) is 4.93. The smallest absolute Gasteiger partial charge is 0.297 e. The number of aliphatic imine (C=N–C) groups is 1. The first-order valence-electron chi connectivity index (χ1n) is 14.3. The minimum Gasteiger partial charge on any atom is -0.297 e. The molecule has 1 aliphatic carbocycles. The van der Waals surface area contributed by atoms with Crippen LogP contribution >= 0.6 is 0 Å². The van der Waals surface area contributed by atoms with E-state index in [-0.39, 0.29) is 17.9 Å². The third kappa shape index (κ3) is 7.54. The Kier molecular flexibility index (Phi) is 9.04. The molecule has 0 unspecified atom stereocenters. The molecule has 1 N–H and O–H groups in total. The minimum atomic E-state index is -0.349. The van der Waals surface area contributed by atoms with Crippen molar-refractivity contribution >= 4 is 17.6 Å². The predicted molar refractivity (Wildman–Crippen MR) is 158 cm³/mol. The van der Waals surface area contributed by atoms with Crippen LogP contribution in [0.3, 0.4) is 0 Å². The molecule has 3 aromatic carbocycles. The molecule has 5 nitrogen and oxygen atoms in total. The second-order valence-electron chi connectivity index (χ2n) is 10.9. The molecule has 0 radical (unpaired) electrons. The average Bonchev–Trinajstić information content (AvgIpc) is 2.94. The number of hydrogen-bond donors (Lipinski definition) is 1. The van der Waals surface area contributed by atoms with Crippen LogP contribution in [0.5, 0.6) is 0 Å². The van der Waals surface area contributed by atoms with E-state index in [1.807, 2.05) is 0 Å². The van der Waals surface area contributed by atoms with Crippen molar-refractivity contribution in [3.05, 3.63) is 89.7 Å². The summed E-state index contributed by atoms with van der Waals surface area (Å²) in [6.07, 6.45) is 7.46. The number of urea groups is 1. The number of rotatable bonds is 5. The maximum Gasteiger partial charge on any atom is 0.327 e. The Labute approximate surface area is 231 Å². The van der Waals surface area contributed by atoms with Gasteiger partial charge in [0.15, 0.2) is 0 Å². The van der Waals surface area contributed by atoms with Crippen LogP contribution in [0.25, 0.3) is 11.1 Å². The Balaban J connectivity index is 1.36. The van der Waals surface area contributed by atoms with Gasteiger partial charge in [0.1, 0.15) is 11.7 Å². The highest BCUT2D eigenvalue weighted by Gasteiger charge is 2.22.